The highest BCUT2D eigenvalue weighted by molar-refractivity contribution is 5.74. The van der Waals surface area contributed by atoms with Gasteiger partial charge in [-0.15, -0.1) is 0 Å². The molecule has 2 N–H and O–H groups in total. The number of carbonyl (C=O) groups is 2. The van der Waals surface area contributed by atoms with E-state index in [4.69, 9.17) is 5.11 Å². The van der Waals surface area contributed by atoms with Gasteiger partial charge in [-0.25, -0.2) is 4.79 Å². The number of aldehydes is 1. The maximum absolute atomic E-state index is 12.1. The first-order valence-corrected chi connectivity index (χ1v) is 5.37. The lowest BCUT2D eigenvalue weighted by atomic mass is 10.0. The van der Waals surface area contributed by atoms with Crippen LogP contribution < -0.4 is 4.74 Å². The van der Waals surface area contributed by atoms with Crippen LogP contribution >= 0.6 is 0 Å². The van der Waals surface area contributed by atoms with Crippen molar-refractivity contribution in [3.8, 4) is 5.75 Å². The number of aliphatic hydroxyl groups is 1. The topological polar surface area (TPSA) is 83.8 Å². The van der Waals surface area contributed by atoms with Crippen LogP contribution in [0.25, 0.3) is 0 Å². The standard InChI is InChI=1S/C12H12F2O5/c13-12(14)19-9-5-7(2-1-3-15)4-8(6-9)10(16)11(17)18/h3-6,10,12,16H,1-2H2,(H,17,18). The molecule has 1 aromatic rings. The number of hydrogen-bond donors (Lipinski definition) is 2. The van der Waals surface area contributed by atoms with Crippen LogP contribution in [0.5, 0.6) is 5.75 Å². The SMILES string of the molecule is O=CCCc1cc(OC(F)F)cc(C(O)C(=O)O)c1. The minimum atomic E-state index is -3.06. The number of alkyl halides is 2. The van der Waals surface area contributed by atoms with Gasteiger partial charge in [0.1, 0.15) is 12.0 Å². The third-order valence-corrected chi connectivity index (χ3v) is 2.31. The van der Waals surface area contributed by atoms with Gasteiger partial charge >= 0.3 is 12.6 Å². The molecule has 0 aliphatic rings. The highest BCUT2D eigenvalue weighted by Crippen LogP contribution is 2.24. The average Bonchev–Trinajstić information content (AvgIpc) is 2.34. The Morgan fingerprint density at radius 2 is 2.05 bits per heavy atom. The van der Waals surface area contributed by atoms with Crippen LogP contribution in [0, 0.1) is 0 Å². The molecule has 1 aromatic carbocycles. The van der Waals surface area contributed by atoms with Gasteiger partial charge in [0.05, 0.1) is 0 Å². The third-order valence-electron chi connectivity index (χ3n) is 2.31. The molecule has 104 valence electrons. The van der Waals surface area contributed by atoms with E-state index in [0.29, 0.717) is 11.8 Å². The Labute approximate surface area is 107 Å². The van der Waals surface area contributed by atoms with Crippen molar-refractivity contribution in [2.45, 2.75) is 25.6 Å². The molecule has 0 amide bonds. The van der Waals surface area contributed by atoms with Crippen LogP contribution in [0.4, 0.5) is 8.78 Å². The monoisotopic (exact) mass is 274 g/mol. The van der Waals surface area contributed by atoms with Crippen LogP contribution in [0.3, 0.4) is 0 Å². The first kappa shape index (κ1) is 15.0. The summed E-state index contributed by atoms with van der Waals surface area (Å²) in [5.41, 5.74) is 0.354. The zero-order valence-electron chi connectivity index (χ0n) is 9.75. The number of ether oxygens (including phenoxy) is 1. The number of rotatable bonds is 7. The molecule has 7 heteroatoms. The fraction of sp³-hybridized carbons (Fsp3) is 0.333. The van der Waals surface area contributed by atoms with Gasteiger partial charge < -0.3 is 19.7 Å². The first-order chi connectivity index (χ1) is 8.93. The van der Waals surface area contributed by atoms with E-state index in [1.165, 1.54) is 12.1 Å². The largest absolute Gasteiger partial charge is 0.479 e. The van der Waals surface area contributed by atoms with E-state index in [1.807, 2.05) is 0 Å². The summed E-state index contributed by atoms with van der Waals surface area (Å²) >= 11 is 0. The van der Waals surface area contributed by atoms with Crippen LogP contribution in [0.1, 0.15) is 23.7 Å². The minimum Gasteiger partial charge on any atom is -0.479 e. The van der Waals surface area contributed by atoms with E-state index < -0.39 is 18.7 Å². The highest BCUT2D eigenvalue weighted by atomic mass is 19.3. The molecule has 0 heterocycles. The lowest BCUT2D eigenvalue weighted by Gasteiger charge is -2.12. The van der Waals surface area contributed by atoms with Crippen LogP contribution in [0.15, 0.2) is 18.2 Å². The van der Waals surface area contributed by atoms with Crippen molar-refractivity contribution in [1.82, 2.24) is 0 Å². The molecule has 0 bridgehead atoms. The molecular weight excluding hydrogens is 262 g/mol. The van der Waals surface area contributed by atoms with Crippen molar-refractivity contribution in [3.63, 3.8) is 0 Å². The van der Waals surface area contributed by atoms with E-state index >= 15 is 0 Å². The second kappa shape index (κ2) is 6.79. The molecule has 0 aliphatic heterocycles. The quantitative estimate of drug-likeness (QED) is 0.737. The molecule has 0 spiro atoms. The number of carboxylic acid groups (broad SMARTS) is 1. The molecule has 5 nitrogen and oxygen atoms in total. The van der Waals surface area contributed by atoms with Gasteiger partial charge in [-0.05, 0) is 29.7 Å². The molecule has 0 aromatic heterocycles. The van der Waals surface area contributed by atoms with Crippen LogP contribution in [-0.4, -0.2) is 29.1 Å². The van der Waals surface area contributed by atoms with Gasteiger partial charge in [-0.1, -0.05) is 6.07 Å². The van der Waals surface area contributed by atoms with E-state index in [0.717, 1.165) is 6.07 Å². The maximum atomic E-state index is 12.1. The Hall–Kier alpha value is -2.02. The number of aliphatic hydroxyl groups excluding tert-OH is 1. The van der Waals surface area contributed by atoms with Crippen LogP contribution in [0.2, 0.25) is 0 Å². The van der Waals surface area contributed by atoms with Crippen molar-refractivity contribution in [2.24, 2.45) is 0 Å². The number of aryl methyl sites for hydroxylation is 1. The second-order valence-corrected chi connectivity index (χ2v) is 3.73. The summed E-state index contributed by atoms with van der Waals surface area (Å²) in [6.45, 7) is -3.06. The maximum Gasteiger partial charge on any atom is 0.387 e. The Bertz CT molecular complexity index is 461. The number of halogens is 2. The summed E-state index contributed by atoms with van der Waals surface area (Å²) in [4.78, 5) is 20.9. The van der Waals surface area contributed by atoms with Crippen molar-refractivity contribution < 1.29 is 33.3 Å². The summed E-state index contributed by atoms with van der Waals surface area (Å²) < 4.78 is 28.5. The molecule has 0 radical (unpaired) electrons. The lowest BCUT2D eigenvalue weighted by Crippen LogP contribution is -2.12. The summed E-state index contributed by atoms with van der Waals surface area (Å²) in [5, 5.41) is 18.1. The number of aliphatic carboxylic acids is 1. The van der Waals surface area contributed by atoms with Gasteiger partial charge in [0.25, 0.3) is 0 Å². The molecule has 0 fully saturated rings. The van der Waals surface area contributed by atoms with Crippen molar-refractivity contribution >= 4 is 12.3 Å². The lowest BCUT2D eigenvalue weighted by molar-refractivity contribution is -0.146. The zero-order chi connectivity index (χ0) is 14.4. The fourth-order valence-electron chi connectivity index (χ4n) is 1.53. The number of hydrogen-bond acceptors (Lipinski definition) is 4. The Morgan fingerprint density at radius 3 is 2.58 bits per heavy atom. The number of carbonyl (C=O) groups excluding carboxylic acids is 1. The van der Waals surface area contributed by atoms with E-state index in [2.05, 4.69) is 4.74 Å². The molecule has 0 aliphatic carbocycles. The Kier molecular flexibility index (Phi) is 5.37. The van der Waals surface area contributed by atoms with E-state index in [1.54, 1.807) is 0 Å². The molecule has 1 unspecified atom stereocenters. The smallest absolute Gasteiger partial charge is 0.387 e. The average molecular weight is 274 g/mol. The number of carboxylic acids is 1. The first-order valence-electron chi connectivity index (χ1n) is 5.37. The summed E-state index contributed by atoms with van der Waals surface area (Å²) in [6, 6.07) is 3.63. The van der Waals surface area contributed by atoms with E-state index in [9.17, 15) is 23.5 Å². The minimum absolute atomic E-state index is 0.0773. The molecule has 1 atom stereocenters. The van der Waals surface area contributed by atoms with Crippen molar-refractivity contribution in [3.05, 3.63) is 29.3 Å². The molecule has 0 saturated carbocycles. The van der Waals surface area contributed by atoms with Crippen molar-refractivity contribution in [2.75, 3.05) is 0 Å². The Morgan fingerprint density at radius 1 is 1.37 bits per heavy atom. The van der Waals surface area contributed by atoms with Gasteiger partial charge in [0, 0.05) is 6.42 Å². The Balaban J connectivity index is 3.07. The predicted molar refractivity (Wildman–Crippen MR) is 60.1 cm³/mol. The normalized spacial score (nSPS) is 12.2. The molecule has 19 heavy (non-hydrogen) atoms. The van der Waals surface area contributed by atoms with Gasteiger partial charge in [0.2, 0.25) is 0 Å². The second-order valence-electron chi connectivity index (χ2n) is 3.73. The zero-order valence-corrected chi connectivity index (χ0v) is 9.75. The van der Waals surface area contributed by atoms with Gasteiger partial charge in [-0.2, -0.15) is 8.78 Å². The van der Waals surface area contributed by atoms with Gasteiger partial charge in [-0.3, -0.25) is 0 Å². The summed E-state index contributed by atoms with van der Waals surface area (Å²) in [5.74, 6) is -1.76. The van der Waals surface area contributed by atoms with Crippen molar-refractivity contribution in [1.29, 1.82) is 0 Å². The highest BCUT2D eigenvalue weighted by Gasteiger charge is 2.18. The number of benzene rings is 1. The third kappa shape index (κ3) is 4.63. The summed E-state index contributed by atoms with van der Waals surface area (Å²) in [7, 11) is 0. The molecular formula is C12H12F2O5. The van der Waals surface area contributed by atoms with E-state index in [-0.39, 0.29) is 24.2 Å². The van der Waals surface area contributed by atoms with Gasteiger partial charge in [0.15, 0.2) is 6.10 Å². The molecule has 1 rings (SSSR count). The molecule has 0 saturated heterocycles. The fourth-order valence-corrected chi connectivity index (χ4v) is 1.53. The van der Waals surface area contributed by atoms with Crippen LogP contribution in [-0.2, 0) is 16.0 Å². The predicted octanol–water partition coefficient (Wildman–Crippen LogP) is 1.54. The summed E-state index contributed by atoms with van der Waals surface area (Å²) in [6.07, 6.45) is -0.797.